The van der Waals surface area contributed by atoms with Gasteiger partial charge in [0, 0.05) is 68.7 Å². The molecule has 3 fully saturated rings. The molecule has 1 spiro atoms. The molecular formula is C33H44N6O3S. The number of hydrogen-bond donors (Lipinski definition) is 0. The third kappa shape index (κ3) is 6.50. The van der Waals surface area contributed by atoms with Gasteiger partial charge in [0.15, 0.2) is 0 Å². The molecule has 4 heterocycles. The van der Waals surface area contributed by atoms with Gasteiger partial charge in [-0.1, -0.05) is 0 Å². The molecule has 2 aliphatic heterocycles. The highest BCUT2D eigenvalue weighted by molar-refractivity contribution is 7.89. The van der Waals surface area contributed by atoms with Crippen LogP contribution < -0.4 is 14.5 Å². The van der Waals surface area contributed by atoms with Crippen LogP contribution in [0.3, 0.4) is 0 Å². The van der Waals surface area contributed by atoms with E-state index in [1.54, 1.807) is 23.5 Å². The van der Waals surface area contributed by atoms with Crippen molar-refractivity contribution in [3.8, 4) is 5.75 Å². The molecule has 0 atom stereocenters. The summed E-state index contributed by atoms with van der Waals surface area (Å²) in [7, 11) is -2.00. The van der Waals surface area contributed by atoms with Crippen LogP contribution in [0.25, 0.3) is 0 Å². The smallest absolute Gasteiger partial charge is 0.243 e. The molecule has 3 aromatic rings. The standard InChI is InChI=1S/C33H44N6O3S/c1-25-23-30(42-3)24-26(2)31(25)43(40,41)39(29-6-7-29)18-4-5-27-8-17-35-32(36-27)38-21-13-33(14-22-38)11-19-37(20-12-33)28-9-15-34-16-10-28/h8-10,15-17,23-24,29H,4-7,11-14,18-22H2,1-3H3. The van der Waals surface area contributed by atoms with Gasteiger partial charge in [0.25, 0.3) is 0 Å². The Bertz CT molecular complexity index is 1490. The molecule has 3 aliphatic rings. The number of aryl methyl sites for hydroxylation is 3. The lowest BCUT2D eigenvalue weighted by Crippen LogP contribution is -2.47. The Morgan fingerprint density at radius 2 is 1.56 bits per heavy atom. The summed E-state index contributed by atoms with van der Waals surface area (Å²) in [4.78, 5) is 18.9. The molecule has 10 heteroatoms. The van der Waals surface area contributed by atoms with E-state index in [4.69, 9.17) is 9.72 Å². The van der Waals surface area contributed by atoms with Crippen molar-refractivity contribution in [3.05, 3.63) is 65.7 Å². The second kappa shape index (κ2) is 12.4. The fourth-order valence-electron chi connectivity index (χ4n) is 6.98. The summed E-state index contributed by atoms with van der Waals surface area (Å²) in [5.41, 5.74) is 4.11. The molecule has 0 amide bonds. The van der Waals surface area contributed by atoms with Crippen molar-refractivity contribution in [2.45, 2.75) is 76.2 Å². The number of rotatable bonds is 10. The lowest BCUT2D eigenvalue weighted by atomic mass is 9.71. The van der Waals surface area contributed by atoms with Gasteiger partial charge in [-0.15, -0.1) is 0 Å². The summed E-state index contributed by atoms with van der Waals surface area (Å²) < 4.78 is 34.7. The molecule has 0 radical (unpaired) electrons. The van der Waals surface area contributed by atoms with Crippen LogP contribution in [0.15, 0.2) is 53.8 Å². The Morgan fingerprint density at radius 1 is 0.930 bits per heavy atom. The Balaban J connectivity index is 1.04. The second-order valence-corrected chi connectivity index (χ2v) is 14.4. The van der Waals surface area contributed by atoms with Gasteiger partial charge in [0.1, 0.15) is 5.75 Å². The minimum absolute atomic E-state index is 0.0871. The van der Waals surface area contributed by atoms with Gasteiger partial charge in [-0.05, 0) is 112 Å². The molecule has 0 N–H and O–H groups in total. The van der Waals surface area contributed by atoms with Crippen molar-refractivity contribution in [1.29, 1.82) is 0 Å². The molecule has 1 aliphatic carbocycles. The Hall–Kier alpha value is -3.24. The van der Waals surface area contributed by atoms with Crippen molar-refractivity contribution < 1.29 is 13.2 Å². The van der Waals surface area contributed by atoms with E-state index in [2.05, 4.69) is 31.9 Å². The summed E-state index contributed by atoms with van der Waals surface area (Å²) in [5.74, 6) is 1.49. The second-order valence-electron chi connectivity index (χ2n) is 12.6. The maximum Gasteiger partial charge on any atom is 0.243 e. The maximum atomic E-state index is 13.8. The molecule has 0 bridgehead atoms. The van der Waals surface area contributed by atoms with Crippen LogP contribution in [-0.2, 0) is 16.4 Å². The first-order valence-corrected chi connectivity index (χ1v) is 17.1. The molecule has 0 unspecified atom stereocenters. The summed E-state index contributed by atoms with van der Waals surface area (Å²) in [6.07, 6.45) is 13.7. The quantitative estimate of drug-likeness (QED) is 0.313. The van der Waals surface area contributed by atoms with E-state index < -0.39 is 10.0 Å². The summed E-state index contributed by atoms with van der Waals surface area (Å²) >= 11 is 0. The number of hydrogen-bond acceptors (Lipinski definition) is 8. The van der Waals surface area contributed by atoms with Crippen molar-refractivity contribution in [2.75, 3.05) is 49.6 Å². The Kier molecular flexibility index (Phi) is 8.60. The van der Waals surface area contributed by atoms with E-state index >= 15 is 0 Å². The van der Waals surface area contributed by atoms with Crippen LogP contribution in [-0.4, -0.2) is 73.6 Å². The number of anilines is 2. The average Bonchev–Trinajstić information content (AvgIpc) is 3.85. The number of aromatic nitrogens is 3. The van der Waals surface area contributed by atoms with Gasteiger partial charge in [-0.25, -0.2) is 18.4 Å². The zero-order chi connectivity index (χ0) is 30.0. The first-order chi connectivity index (χ1) is 20.8. The number of sulfonamides is 1. The zero-order valence-corrected chi connectivity index (χ0v) is 26.5. The molecular weight excluding hydrogens is 560 g/mol. The predicted molar refractivity (Wildman–Crippen MR) is 169 cm³/mol. The molecule has 2 aromatic heterocycles. The Labute approximate surface area is 256 Å². The monoisotopic (exact) mass is 604 g/mol. The number of benzene rings is 1. The SMILES string of the molecule is COc1cc(C)c(S(=O)(=O)N(CCCc2ccnc(N3CCC4(CCN(c5ccncc5)CC4)CC3)n2)C2CC2)c(C)c1. The lowest BCUT2D eigenvalue weighted by molar-refractivity contribution is 0.166. The van der Waals surface area contributed by atoms with Gasteiger partial charge in [-0.3, -0.25) is 4.98 Å². The first-order valence-electron chi connectivity index (χ1n) is 15.7. The molecule has 6 rings (SSSR count). The fourth-order valence-corrected chi connectivity index (χ4v) is 9.12. The third-order valence-corrected chi connectivity index (χ3v) is 11.9. The van der Waals surface area contributed by atoms with E-state index in [0.29, 0.717) is 22.6 Å². The summed E-state index contributed by atoms with van der Waals surface area (Å²) in [6.45, 7) is 8.34. The zero-order valence-electron chi connectivity index (χ0n) is 25.7. The van der Waals surface area contributed by atoms with Gasteiger partial charge in [0.05, 0.1) is 12.0 Å². The molecule has 1 saturated carbocycles. The molecule has 43 heavy (non-hydrogen) atoms. The highest BCUT2D eigenvalue weighted by Crippen LogP contribution is 2.42. The van der Waals surface area contributed by atoms with Crippen LogP contribution in [0.4, 0.5) is 11.6 Å². The van der Waals surface area contributed by atoms with Crippen LogP contribution >= 0.6 is 0 Å². The van der Waals surface area contributed by atoms with E-state index in [9.17, 15) is 8.42 Å². The topological polar surface area (TPSA) is 91.8 Å². The molecule has 9 nitrogen and oxygen atoms in total. The van der Waals surface area contributed by atoms with Gasteiger partial charge >= 0.3 is 0 Å². The number of piperidine rings is 2. The van der Waals surface area contributed by atoms with Crippen LogP contribution in [0, 0.1) is 19.3 Å². The van der Waals surface area contributed by atoms with E-state index in [1.807, 2.05) is 38.5 Å². The van der Waals surface area contributed by atoms with Crippen LogP contribution in [0.1, 0.15) is 61.8 Å². The first kappa shape index (κ1) is 29.8. The van der Waals surface area contributed by atoms with Crippen molar-refractivity contribution >= 4 is 21.7 Å². The van der Waals surface area contributed by atoms with Gasteiger partial charge in [0.2, 0.25) is 16.0 Å². The third-order valence-electron chi connectivity index (χ3n) is 9.66. The average molecular weight is 605 g/mol. The lowest BCUT2D eigenvalue weighted by Gasteiger charge is -2.47. The number of ether oxygens (including phenoxy) is 1. The largest absolute Gasteiger partial charge is 0.497 e. The molecule has 1 aromatic carbocycles. The molecule has 230 valence electrons. The highest BCUT2D eigenvalue weighted by Gasteiger charge is 2.40. The highest BCUT2D eigenvalue weighted by atomic mass is 32.2. The number of methoxy groups -OCH3 is 1. The molecule has 2 saturated heterocycles. The maximum absolute atomic E-state index is 13.8. The summed E-state index contributed by atoms with van der Waals surface area (Å²) in [5, 5.41) is 0. The van der Waals surface area contributed by atoms with Crippen LogP contribution in [0.5, 0.6) is 5.75 Å². The minimum Gasteiger partial charge on any atom is -0.497 e. The van der Waals surface area contributed by atoms with E-state index in [0.717, 1.165) is 74.6 Å². The fraction of sp³-hybridized carbons (Fsp3) is 0.545. The van der Waals surface area contributed by atoms with Crippen molar-refractivity contribution in [1.82, 2.24) is 19.3 Å². The number of nitrogens with zero attached hydrogens (tertiary/aromatic N) is 6. The van der Waals surface area contributed by atoms with Crippen molar-refractivity contribution in [3.63, 3.8) is 0 Å². The van der Waals surface area contributed by atoms with Gasteiger partial charge in [-0.2, -0.15) is 4.31 Å². The van der Waals surface area contributed by atoms with Crippen LogP contribution in [0.2, 0.25) is 0 Å². The predicted octanol–water partition coefficient (Wildman–Crippen LogP) is 5.17. The summed E-state index contributed by atoms with van der Waals surface area (Å²) in [6, 6.07) is 9.89. The number of pyridine rings is 1. The van der Waals surface area contributed by atoms with E-state index in [-0.39, 0.29) is 6.04 Å². The normalized spacial score (nSPS) is 18.8. The van der Waals surface area contributed by atoms with Crippen molar-refractivity contribution in [2.24, 2.45) is 5.41 Å². The minimum atomic E-state index is -3.61. The van der Waals surface area contributed by atoms with Gasteiger partial charge < -0.3 is 14.5 Å². The van der Waals surface area contributed by atoms with E-state index in [1.165, 1.54) is 31.4 Å². The Morgan fingerprint density at radius 3 is 2.16 bits per heavy atom.